The summed E-state index contributed by atoms with van der Waals surface area (Å²) in [6.07, 6.45) is 3.08. The molecule has 5 nitrogen and oxygen atoms in total. The molecule has 0 amide bonds. The van der Waals surface area contributed by atoms with Crippen molar-refractivity contribution >= 4 is 10.0 Å². The van der Waals surface area contributed by atoms with E-state index in [9.17, 15) is 8.42 Å². The Hall–Kier alpha value is -0.170. The van der Waals surface area contributed by atoms with Crippen molar-refractivity contribution in [2.45, 2.75) is 31.7 Å². The maximum atomic E-state index is 11.9. The predicted octanol–water partition coefficient (Wildman–Crippen LogP) is -0.246. The Morgan fingerprint density at radius 2 is 1.94 bits per heavy atom. The van der Waals surface area contributed by atoms with Gasteiger partial charge < -0.3 is 5.32 Å². The summed E-state index contributed by atoms with van der Waals surface area (Å²) in [4.78, 5) is 2.21. The number of rotatable bonds is 5. The van der Waals surface area contributed by atoms with Crippen LogP contribution in [0.2, 0.25) is 0 Å². The first kappa shape index (κ1) is 13.3. The Labute approximate surface area is 104 Å². The van der Waals surface area contributed by atoms with Gasteiger partial charge in [-0.2, -0.15) is 0 Å². The highest BCUT2D eigenvalue weighted by Gasteiger charge is 2.35. The molecule has 1 heterocycles. The van der Waals surface area contributed by atoms with E-state index in [1.165, 1.54) is 0 Å². The van der Waals surface area contributed by atoms with Gasteiger partial charge in [-0.1, -0.05) is 0 Å². The summed E-state index contributed by atoms with van der Waals surface area (Å²) in [7, 11) is -3.11. The molecular formula is C11H23N3O2S. The highest BCUT2D eigenvalue weighted by molar-refractivity contribution is 7.89. The molecule has 1 saturated heterocycles. The van der Waals surface area contributed by atoms with E-state index in [0.29, 0.717) is 6.54 Å². The summed E-state index contributed by atoms with van der Waals surface area (Å²) in [5.41, 5.74) is -0.164. The summed E-state index contributed by atoms with van der Waals surface area (Å²) in [5, 5.41) is 3.26. The van der Waals surface area contributed by atoms with Crippen LogP contribution in [-0.2, 0) is 10.0 Å². The lowest BCUT2D eigenvalue weighted by Gasteiger charge is -2.38. The van der Waals surface area contributed by atoms with Crippen LogP contribution in [0, 0.1) is 0 Å². The number of sulfonamides is 1. The van der Waals surface area contributed by atoms with E-state index in [1.54, 1.807) is 0 Å². The zero-order valence-corrected chi connectivity index (χ0v) is 11.4. The van der Waals surface area contributed by atoms with Gasteiger partial charge in [-0.05, 0) is 26.2 Å². The highest BCUT2D eigenvalue weighted by atomic mass is 32.2. The molecule has 0 aromatic rings. The zero-order valence-electron chi connectivity index (χ0n) is 10.5. The molecule has 2 fully saturated rings. The van der Waals surface area contributed by atoms with Gasteiger partial charge in [0.15, 0.2) is 0 Å². The number of hydrogen-bond acceptors (Lipinski definition) is 4. The Morgan fingerprint density at radius 3 is 2.47 bits per heavy atom. The topological polar surface area (TPSA) is 61.4 Å². The van der Waals surface area contributed by atoms with Crippen LogP contribution in [0.3, 0.4) is 0 Å². The second-order valence-electron chi connectivity index (χ2n) is 5.43. The molecule has 0 atom stereocenters. The van der Waals surface area contributed by atoms with E-state index in [0.717, 1.165) is 45.4 Å². The van der Waals surface area contributed by atoms with Crippen molar-refractivity contribution in [3.63, 3.8) is 0 Å². The van der Waals surface area contributed by atoms with Gasteiger partial charge in [0.25, 0.3) is 0 Å². The standard InChI is InChI=1S/C11H23N3O2S/c1-11(3-2-4-11)13-17(15,16)10-9-14-7-5-12-6-8-14/h12-13H,2-10H2,1H3. The first-order valence-corrected chi connectivity index (χ1v) is 8.09. The third-order valence-electron chi connectivity index (χ3n) is 3.74. The van der Waals surface area contributed by atoms with E-state index in [4.69, 9.17) is 0 Å². The molecule has 0 aromatic carbocycles. The number of piperazine rings is 1. The fourth-order valence-electron chi connectivity index (χ4n) is 2.42. The van der Waals surface area contributed by atoms with Gasteiger partial charge in [0, 0.05) is 38.3 Å². The van der Waals surface area contributed by atoms with Crippen molar-refractivity contribution in [1.29, 1.82) is 0 Å². The highest BCUT2D eigenvalue weighted by Crippen LogP contribution is 2.31. The summed E-state index contributed by atoms with van der Waals surface area (Å²) >= 11 is 0. The van der Waals surface area contributed by atoms with Crippen LogP contribution in [0.1, 0.15) is 26.2 Å². The quantitative estimate of drug-likeness (QED) is 0.717. The first-order valence-electron chi connectivity index (χ1n) is 6.44. The average molecular weight is 261 g/mol. The molecule has 17 heavy (non-hydrogen) atoms. The Balaban J connectivity index is 1.76. The SMILES string of the molecule is CC1(NS(=O)(=O)CCN2CCNCC2)CCC1. The minimum absolute atomic E-state index is 0.164. The molecule has 1 aliphatic heterocycles. The van der Waals surface area contributed by atoms with Crippen molar-refractivity contribution in [2.75, 3.05) is 38.5 Å². The summed E-state index contributed by atoms with van der Waals surface area (Å²) in [5.74, 6) is 0.225. The predicted molar refractivity (Wildman–Crippen MR) is 68.5 cm³/mol. The van der Waals surface area contributed by atoms with E-state index < -0.39 is 10.0 Å². The van der Waals surface area contributed by atoms with Gasteiger partial charge >= 0.3 is 0 Å². The van der Waals surface area contributed by atoms with Crippen molar-refractivity contribution in [2.24, 2.45) is 0 Å². The van der Waals surface area contributed by atoms with Crippen LogP contribution in [0.15, 0.2) is 0 Å². The smallest absolute Gasteiger partial charge is 0.213 e. The normalized spacial score (nSPS) is 25.5. The van der Waals surface area contributed by atoms with Gasteiger partial charge in [0.05, 0.1) is 5.75 Å². The molecule has 2 aliphatic rings. The molecule has 0 spiro atoms. The van der Waals surface area contributed by atoms with E-state index in [1.807, 2.05) is 6.92 Å². The maximum Gasteiger partial charge on any atom is 0.213 e. The third-order valence-corrected chi connectivity index (χ3v) is 5.27. The lowest BCUT2D eigenvalue weighted by atomic mass is 9.80. The van der Waals surface area contributed by atoms with Crippen molar-refractivity contribution in [1.82, 2.24) is 14.9 Å². The molecular weight excluding hydrogens is 238 g/mol. The number of nitrogens with one attached hydrogen (secondary N) is 2. The number of nitrogens with zero attached hydrogens (tertiary/aromatic N) is 1. The minimum atomic E-state index is -3.11. The van der Waals surface area contributed by atoms with Gasteiger partial charge in [-0.3, -0.25) is 4.90 Å². The Morgan fingerprint density at radius 1 is 1.29 bits per heavy atom. The van der Waals surface area contributed by atoms with Crippen LogP contribution >= 0.6 is 0 Å². The van der Waals surface area contributed by atoms with Crippen LogP contribution < -0.4 is 10.0 Å². The molecule has 6 heteroatoms. The summed E-state index contributed by atoms with van der Waals surface area (Å²) in [6, 6.07) is 0. The molecule has 0 aromatic heterocycles. The van der Waals surface area contributed by atoms with Crippen LogP contribution in [0.25, 0.3) is 0 Å². The molecule has 2 rings (SSSR count). The lowest BCUT2D eigenvalue weighted by Crippen LogP contribution is -2.53. The average Bonchev–Trinajstić information content (AvgIpc) is 2.25. The lowest BCUT2D eigenvalue weighted by molar-refractivity contribution is 0.242. The van der Waals surface area contributed by atoms with Crippen LogP contribution in [-0.4, -0.2) is 57.3 Å². The molecule has 0 unspecified atom stereocenters. The van der Waals surface area contributed by atoms with Crippen LogP contribution in [0.4, 0.5) is 0 Å². The minimum Gasteiger partial charge on any atom is -0.314 e. The molecule has 2 N–H and O–H groups in total. The van der Waals surface area contributed by atoms with E-state index in [-0.39, 0.29) is 11.3 Å². The second-order valence-corrected chi connectivity index (χ2v) is 7.27. The molecule has 0 bridgehead atoms. The van der Waals surface area contributed by atoms with Crippen molar-refractivity contribution < 1.29 is 8.42 Å². The second kappa shape index (κ2) is 5.22. The van der Waals surface area contributed by atoms with Crippen LogP contribution in [0.5, 0.6) is 0 Å². The molecule has 100 valence electrons. The van der Waals surface area contributed by atoms with Crippen molar-refractivity contribution in [3.8, 4) is 0 Å². The molecule has 1 saturated carbocycles. The fourth-order valence-corrected chi connectivity index (χ4v) is 3.98. The molecule has 0 radical (unpaired) electrons. The molecule has 1 aliphatic carbocycles. The number of hydrogen-bond donors (Lipinski definition) is 2. The first-order chi connectivity index (χ1) is 7.99. The zero-order chi connectivity index (χ0) is 12.4. The maximum absolute atomic E-state index is 11.9. The largest absolute Gasteiger partial charge is 0.314 e. The van der Waals surface area contributed by atoms with Gasteiger partial charge in [0.2, 0.25) is 10.0 Å². The van der Waals surface area contributed by atoms with Gasteiger partial charge in [-0.25, -0.2) is 13.1 Å². The van der Waals surface area contributed by atoms with Gasteiger partial charge in [-0.15, -0.1) is 0 Å². The van der Waals surface area contributed by atoms with Gasteiger partial charge in [0.1, 0.15) is 0 Å². The van der Waals surface area contributed by atoms with E-state index >= 15 is 0 Å². The summed E-state index contributed by atoms with van der Waals surface area (Å²) < 4.78 is 26.7. The van der Waals surface area contributed by atoms with E-state index in [2.05, 4.69) is 14.9 Å². The Kier molecular flexibility index (Phi) is 4.07. The fraction of sp³-hybridized carbons (Fsp3) is 1.00. The third kappa shape index (κ3) is 3.91. The monoisotopic (exact) mass is 261 g/mol. The Bertz CT molecular complexity index is 346. The van der Waals surface area contributed by atoms with Crippen molar-refractivity contribution in [3.05, 3.63) is 0 Å². The summed E-state index contributed by atoms with van der Waals surface area (Å²) in [6.45, 7) is 6.47.